The Morgan fingerprint density at radius 3 is 2.63 bits per heavy atom. The molecule has 0 fully saturated rings. The molecule has 1 aromatic heterocycles. The van der Waals surface area contributed by atoms with Crippen LogP contribution in [0.2, 0.25) is 0 Å². The summed E-state index contributed by atoms with van der Waals surface area (Å²) in [6.45, 7) is 2.16. The second-order valence-corrected chi connectivity index (χ2v) is 8.47. The molecule has 0 amide bonds. The van der Waals surface area contributed by atoms with Crippen molar-refractivity contribution >= 4 is 17.3 Å². The predicted molar refractivity (Wildman–Crippen MR) is 115 cm³/mol. The Bertz CT molecular complexity index is 1010. The molecule has 0 unspecified atom stereocenters. The third kappa shape index (κ3) is 4.87. The number of fused-ring (bicyclic) bond motifs is 1. The Hall–Kier alpha value is -2.73. The van der Waals surface area contributed by atoms with E-state index in [1.165, 1.54) is 35.5 Å². The molecule has 4 rings (SSSR count). The van der Waals surface area contributed by atoms with E-state index in [0.29, 0.717) is 17.9 Å². The van der Waals surface area contributed by atoms with Crippen LogP contribution in [0, 0.1) is 5.82 Å². The van der Waals surface area contributed by atoms with Crippen LogP contribution < -0.4 is 9.47 Å². The summed E-state index contributed by atoms with van der Waals surface area (Å²) < 4.78 is 25.1. The average molecular weight is 426 g/mol. The van der Waals surface area contributed by atoms with Crippen molar-refractivity contribution in [3.8, 4) is 22.1 Å². The number of rotatable bonds is 7. The van der Waals surface area contributed by atoms with E-state index in [-0.39, 0.29) is 18.4 Å². The molecule has 4 nitrogen and oxygen atoms in total. The fraction of sp³-hybridized carbons (Fsp3) is 0.333. The quantitative estimate of drug-likeness (QED) is 0.338. The summed E-state index contributed by atoms with van der Waals surface area (Å²) in [5.74, 6) is 0.568. The van der Waals surface area contributed by atoms with Gasteiger partial charge in [-0.2, -0.15) is 0 Å². The molecular weight excluding hydrogens is 401 g/mol. The van der Waals surface area contributed by atoms with E-state index in [0.717, 1.165) is 35.4 Å². The first-order valence-electron chi connectivity index (χ1n) is 10.3. The first-order valence-corrected chi connectivity index (χ1v) is 11.1. The van der Waals surface area contributed by atoms with E-state index in [9.17, 15) is 9.18 Å². The molecule has 156 valence electrons. The van der Waals surface area contributed by atoms with E-state index in [2.05, 4.69) is 0 Å². The zero-order valence-corrected chi connectivity index (χ0v) is 17.8. The molecular formula is C24H24FNO3S. The van der Waals surface area contributed by atoms with Crippen molar-refractivity contribution in [3.63, 3.8) is 0 Å². The Kier molecular flexibility index (Phi) is 6.43. The summed E-state index contributed by atoms with van der Waals surface area (Å²) in [5.41, 5.74) is 2.87. The monoisotopic (exact) mass is 425 g/mol. The molecule has 0 atom stereocenters. The highest BCUT2D eigenvalue weighted by Gasteiger charge is 2.18. The number of esters is 1. The Labute approximate surface area is 179 Å². The fourth-order valence-electron chi connectivity index (χ4n) is 3.51. The molecule has 0 spiro atoms. The molecule has 3 aromatic rings. The van der Waals surface area contributed by atoms with Crippen molar-refractivity contribution in [2.45, 2.75) is 52.1 Å². The molecule has 0 radical (unpaired) electrons. The smallest absolute Gasteiger partial charge is 0.311 e. The lowest BCUT2D eigenvalue weighted by Gasteiger charge is -2.11. The zero-order chi connectivity index (χ0) is 20.9. The van der Waals surface area contributed by atoms with Gasteiger partial charge in [-0.25, -0.2) is 9.37 Å². The van der Waals surface area contributed by atoms with Gasteiger partial charge in [-0.1, -0.05) is 6.92 Å². The predicted octanol–water partition coefficient (Wildman–Crippen LogP) is 6.11. The van der Waals surface area contributed by atoms with Gasteiger partial charge in [0.25, 0.3) is 0 Å². The van der Waals surface area contributed by atoms with Gasteiger partial charge in [0.2, 0.25) is 0 Å². The van der Waals surface area contributed by atoms with E-state index < -0.39 is 0 Å². The fourth-order valence-corrected chi connectivity index (χ4v) is 4.72. The Morgan fingerprint density at radius 1 is 1.10 bits per heavy atom. The molecule has 1 heterocycles. The van der Waals surface area contributed by atoms with Crippen LogP contribution in [-0.2, 0) is 24.2 Å². The number of aryl methyl sites for hydroxylation is 2. The first-order chi connectivity index (χ1) is 14.6. The molecule has 6 heteroatoms. The summed E-state index contributed by atoms with van der Waals surface area (Å²) in [4.78, 5) is 17.8. The standard InChI is InChI=1S/C24H24FNO3S/c1-2-5-23(27)29-19-11-9-18(10-12-19)28-15-16-14-17(25)8-13-20(16)24-26-21-6-3-4-7-22(21)30-24/h8-14H,2-7,15H2,1H3. The zero-order valence-electron chi connectivity index (χ0n) is 16.9. The van der Waals surface area contributed by atoms with Crippen molar-refractivity contribution < 1.29 is 18.7 Å². The SMILES string of the molecule is CCCC(=O)Oc1ccc(OCc2cc(F)ccc2-c2nc3c(s2)CCCC3)cc1. The molecule has 0 bridgehead atoms. The van der Waals surface area contributed by atoms with Crippen molar-refractivity contribution in [3.05, 3.63) is 64.4 Å². The molecule has 0 aliphatic heterocycles. The number of halogens is 1. The van der Waals surface area contributed by atoms with Crippen LogP contribution in [0.3, 0.4) is 0 Å². The minimum absolute atomic E-state index is 0.228. The van der Waals surface area contributed by atoms with E-state index in [4.69, 9.17) is 14.5 Å². The number of nitrogens with zero attached hydrogens (tertiary/aromatic N) is 1. The van der Waals surface area contributed by atoms with Crippen LogP contribution in [0.5, 0.6) is 11.5 Å². The maximum atomic E-state index is 13.9. The van der Waals surface area contributed by atoms with Crippen molar-refractivity contribution in [2.75, 3.05) is 0 Å². The maximum absolute atomic E-state index is 13.9. The van der Waals surface area contributed by atoms with Gasteiger partial charge in [0.05, 0.1) is 5.69 Å². The molecule has 1 aliphatic carbocycles. The van der Waals surface area contributed by atoms with Gasteiger partial charge in [0.1, 0.15) is 28.9 Å². The lowest BCUT2D eigenvalue weighted by Crippen LogP contribution is -2.06. The van der Waals surface area contributed by atoms with E-state index in [1.807, 2.05) is 6.92 Å². The van der Waals surface area contributed by atoms with Crippen LogP contribution in [0.25, 0.3) is 10.6 Å². The number of benzene rings is 2. The van der Waals surface area contributed by atoms with Crippen molar-refractivity contribution in [1.29, 1.82) is 0 Å². The lowest BCUT2D eigenvalue weighted by molar-refractivity contribution is -0.134. The van der Waals surface area contributed by atoms with Gasteiger partial charge in [0.15, 0.2) is 0 Å². The van der Waals surface area contributed by atoms with Crippen LogP contribution in [0.15, 0.2) is 42.5 Å². The van der Waals surface area contributed by atoms with Gasteiger partial charge in [-0.05, 0) is 74.6 Å². The Balaban J connectivity index is 1.48. The minimum atomic E-state index is -0.295. The largest absolute Gasteiger partial charge is 0.489 e. The first kappa shape index (κ1) is 20.5. The van der Waals surface area contributed by atoms with Crippen LogP contribution in [0.4, 0.5) is 4.39 Å². The third-order valence-corrected chi connectivity index (χ3v) is 6.24. The second kappa shape index (κ2) is 9.39. The number of hydrogen-bond acceptors (Lipinski definition) is 5. The number of carbonyl (C=O) groups excluding carboxylic acids is 1. The van der Waals surface area contributed by atoms with Crippen LogP contribution >= 0.6 is 11.3 Å². The summed E-state index contributed by atoms with van der Waals surface area (Å²) in [5, 5.41) is 0.929. The summed E-state index contributed by atoms with van der Waals surface area (Å²) in [6, 6.07) is 11.7. The molecule has 0 saturated carbocycles. The lowest BCUT2D eigenvalue weighted by atomic mass is 10.0. The number of aromatic nitrogens is 1. The number of hydrogen-bond donors (Lipinski definition) is 0. The van der Waals surface area contributed by atoms with Gasteiger partial charge < -0.3 is 9.47 Å². The van der Waals surface area contributed by atoms with Crippen LogP contribution in [-0.4, -0.2) is 11.0 Å². The highest BCUT2D eigenvalue weighted by Crippen LogP contribution is 2.35. The van der Waals surface area contributed by atoms with Gasteiger partial charge >= 0.3 is 5.97 Å². The van der Waals surface area contributed by atoms with E-state index >= 15 is 0 Å². The normalized spacial score (nSPS) is 13.0. The molecule has 0 saturated heterocycles. The highest BCUT2D eigenvalue weighted by molar-refractivity contribution is 7.15. The summed E-state index contributed by atoms with van der Waals surface area (Å²) in [6.07, 6.45) is 5.62. The van der Waals surface area contributed by atoms with Gasteiger partial charge in [-0.15, -0.1) is 11.3 Å². The second-order valence-electron chi connectivity index (χ2n) is 7.38. The summed E-state index contributed by atoms with van der Waals surface area (Å²) in [7, 11) is 0. The molecule has 30 heavy (non-hydrogen) atoms. The highest BCUT2D eigenvalue weighted by atomic mass is 32.1. The van der Waals surface area contributed by atoms with Crippen LogP contribution in [0.1, 0.15) is 48.7 Å². The number of carbonyl (C=O) groups is 1. The van der Waals surface area contributed by atoms with Gasteiger partial charge in [-0.3, -0.25) is 4.79 Å². The molecule has 2 aromatic carbocycles. The molecule has 1 aliphatic rings. The Morgan fingerprint density at radius 2 is 1.87 bits per heavy atom. The third-order valence-electron chi connectivity index (χ3n) is 5.05. The summed E-state index contributed by atoms with van der Waals surface area (Å²) >= 11 is 1.70. The minimum Gasteiger partial charge on any atom is -0.489 e. The number of thiazole rings is 1. The van der Waals surface area contributed by atoms with Gasteiger partial charge in [0, 0.05) is 22.4 Å². The molecule has 0 N–H and O–H groups in total. The van der Waals surface area contributed by atoms with E-state index in [1.54, 1.807) is 41.7 Å². The van der Waals surface area contributed by atoms with Crippen molar-refractivity contribution in [2.24, 2.45) is 0 Å². The van der Waals surface area contributed by atoms with Crippen molar-refractivity contribution in [1.82, 2.24) is 4.98 Å². The topological polar surface area (TPSA) is 48.4 Å². The maximum Gasteiger partial charge on any atom is 0.311 e. The number of ether oxygens (including phenoxy) is 2. The average Bonchev–Trinajstić information content (AvgIpc) is 3.17.